The highest BCUT2D eigenvalue weighted by Crippen LogP contribution is 2.18. The maximum Gasteiger partial charge on any atom is 0.240 e. The van der Waals surface area contributed by atoms with E-state index < -0.39 is 10.0 Å². The standard InChI is InChI=1S/C20H22ClN3O2S/c1-15(13-23-20(21)11-16-5-3-2-4-6-16)24-27(25,26)19-8-7-18-14-22-10-9-17(18)12-19/h2-10,12,14-15,20,23-24H,11,13H2,1H3. The van der Waals surface area contributed by atoms with E-state index in [4.69, 9.17) is 11.6 Å². The summed E-state index contributed by atoms with van der Waals surface area (Å²) in [6.45, 7) is 2.24. The third-order valence-corrected chi connectivity index (χ3v) is 6.08. The lowest BCUT2D eigenvalue weighted by Crippen LogP contribution is -2.42. The average molecular weight is 404 g/mol. The zero-order valence-corrected chi connectivity index (χ0v) is 16.5. The van der Waals surface area contributed by atoms with Crippen LogP contribution in [-0.2, 0) is 16.4 Å². The molecule has 7 heteroatoms. The molecule has 0 bridgehead atoms. The Kier molecular flexibility index (Phi) is 6.44. The number of hydrogen-bond donors (Lipinski definition) is 2. The molecule has 0 aliphatic carbocycles. The highest BCUT2D eigenvalue weighted by atomic mass is 35.5. The van der Waals surface area contributed by atoms with Gasteiger partial charge in [-0.05, 0) is 36.1 Å². The summed E-state index contributed by atoms with van der Waals surface area (Å²) in [5.41, 5.74) is 0.858. The number of pyridine rings is 1. The maximum atomic E-state index is 12.6. The van der Waals surface area contributed by atoms with E-state index in [-0.39, 0.29) is 16.4 Å². The van der Waals surface area contributed by atoms with Crippen LogP contribution < -0.4 is 10.0 Å². The number of rotatable bonds is 8. The van der Waals surface area contributed by atoms with E-state index in [2.05, 4.69) is 15.0 Å². The fraction of sp³-hybridized carbons (Fsp3) is 0.250. The molecular weight excluding hydrogens is 382 g/mol. The van der Waals surface area contributed by atoms with Crippen molar-refractivity contribution in [2.24, 2.45) is 0 Å². The average Bonchev–Trinajstić information content (AvgIpc) is 2.66. The van der Waals surface area contributed by atoms with Crippen LogP contribution in [-0.4, -0.2) is 31.5 Å². The lowest BCUT2D eigenvalue weighted by Gasteiger charge is -2.18. The first-order chi connectivity index (χ1) is 12.9. The summed E-state index contributed by atoms with van der Waals surface area (Å²) < 4.78 is 28.0. The van der Waals surface area contributed by atoms with Gasteiger partial charge < -0.3 is 0 Å². The Hall–Kier alpha value is -1.99. The van der Waals surface area contributed by atoms with Gasteiger partial charge in [-0.3, -0.25) is 10.3 Å². The fourth-order valence-corrected chi connectivity index (χ4v) is 4.35. The summed E-state index contributed by atoms with van der Waals surface area (Å²) in [5, 5.41) is 4.90. The van der Waals surface area contributed by atoms with Crippen molar-refractivity contribution >= 4 is 32.4 Å². The normalized spacial score (nSPS) is 14.1. The van der Waals surface area contributed by atoms with Gasteiger partial charge in [0.25, 0.3) is 0 Å². The number of fused-ring (bicyclic) bond motifs is 1. The Bertz CT molecular complexity index is 996. The summed E-state index contributed by atoms with van der Waals surface area (Å²) in [5.74, 6) is 0. The molecule has 0 fully saturated rings. The molecule has 27 heavy (non-hydrogen) atoms. The molecule has 5 nitrogen and oxygen atoms in total. The lowest BCUT2D eigenvalue weighted by molar-refractivity contribution is 0.526. The molecule has 2 atom stereocenters. The molecule has 3 aromatic rings. The highest BCUT2D eigenvalue weighted by molar-refractivity contribution is 7.89. The summed E-state index contributed by atoms with van der Waals surface area (Å²) in [7, 11) is -3.61. The number of nitrogens with zero attached hydrogens (tertiary/aromatic N) is 1. The van der Waals surface area contributed by atoms with Crippen molar-refractivity contribution in [1.29, 1.82) is 0 Å². The topological polar surface area (TPSA) is 71.1 Å². The predicted octanol–water partition coefficient (Wildman–Crippen LogP) is 3.30. The fourth-order valence-electron chi connectivity index (χ4n) is 2.80. The van der Waals surface area contributed by atoms with Gasteiger partial charge in [0.1, 0.15) is 0 Å². The second kappa shape index (κ2) is 8.80. The second-order valence-corrected chi connectivity index (χ2v) is 8.71. The van der Waals surface area contributed by atoms with Crippen molar-refractivity contribution in [2.45, 2.75) is 29.8 Å². The molecule has 0 aliphatic heterocycles. The Morgan fingerprint density at radius 1 is 1.07 bits per heavy atom. The van der Waals surface area contributed by atoms with E-state index in [0.717, 1.165) is 16.3 Å². The van der Waals surface area contributed by atoms with Gasteiger partial charge in [-0.2, -0.15) is 0 Å². The molecule has 0 radical (unpaired) electrons. The van der Waals surface area contributed by atoms with Crippen LogP contribution in [0.25, 0.3) is 10.8 Å². The lowest BCUT2D eigenvalue weighted by atomic mass is 10.1. The first-order valence-electron chi connectivity index (χ1n) is 8.71. The molecule has 1 heterocycles. The molecular formula is C20H22ClN3O2S. The van der Waals surface area contributed by atoms with E-state index in [1.807, 2.05) is 37.3 Å². The molecule has 2 aromatic carbocycles. The molecule has 0 aliphatic rings. The van der Waals surface area contributed by atoms with Gasteiger partial charge >= 0.3 is 0 Å². The van der Waals surface area contributed by atoms with Crippen molar-refractivity contribution in [2.75, 3.05) is 6.54 Å². The number of halogens is 1. The molecule has 1 aromatic heterocycles. The van der Waals surface area contributed by atoms with Gasteiger partial charge in [0, 0.05) is 36.8 Å². The van der Waals surface area contributed by atoms with Crippen LogP contribution in [0, 0.1) is 0 Å². The van der Waals surface area contributed by atoms with Crippen LogP contribution in [0.4, 0.5) is 0 Å². The molecule has 0 saturated heterocycles. The van der Waals surface area contributed by atoms with Crippen LogP contribution in [0.15, 0.2) is 71.9 Å². The quantitative estimate of drug-likeness (QED) is 0.447. The highest BCUT2D eigenvalue weighted by Gasteiger charge is 2.18. The number of benzene rings is 2. The minimum absolute atomic E-state index is 0.236. The zero-order valence-electron chi connectivity index (χ0n) is 15.0. The van der Waals surface area contributed by atoms with Crippen LogP contribution in [0.5, 0.6) is 0 Å². The summed E-state index contributed by atoms with van der Waals surface area (Å²) >= 11 is 6.32. The van der Waals surface area contributed by atoms with Crippen molar-refractivity contribution < 1.29 is 8.42 Å². The van der Waals surface area contributed by atoms with Gasteiger partial charge in [-0.15, -0.1) is 11.6 Å². The Balaban J connectivity index is 1.57. The number of sulfonamides is 1. The molecule has 0 spiro atoms. The third-order valence-electron chi connectivity index (χ3n) is 4.18. The number of nitrogens with one attached hydrogen (secondary N) is 2. The third kappa shape index (κ3) is 5.49. The summed E-state index contributed by atoms with van der Waals surface area (Å²) in [6.07, 6.45) is 4.02. The van der Waals surface area contributed by atoms with Crippen molar-refractivity contribution in [3.05, 3.63) is 72.6 Å². The van der Waals surface area contributed by atoms with Gasteiger partial charge in [-0.1, -0.05) is 36.4 Å². The first kappa shape index (κ1) is 19.8. The Morgan fingerprint density at radius 2 is 1.85 bits per heavy atom. The van der Waals surface area contributed by atoms with Gasteiger partial charge in [0.2, 0.25) is 10.0 Å². The number of aromatic nitrogens is 1. The van der Waals surface area contributed by atoms with E-state index >= 15 is 0 Å². The van der Waals surface area contributed by atoms with Crippen LogP contribution in [0.1, 0.15) is 12.5 Å². The van der Waals surface area contributed by atoms with Crippen LogP contribution in [0.3, 0.4) is 0 Å². The van der Waals surface area contributed by atoms with E-state index in [1.54, 1.807) is 36.7 Å². The van der Waals surface area contributed by atoms with Gasteiger partial charge in [-0.25, -0.2) is 13.1 Å². The SMILES string of the molecule is CC(CNC(Cl)Cc1ccccc1)NS(=O)(=O)c1ccc2cnccc2c1. The van der Waals surface area contributed by atoms with Gasteiger partial charge in [0.05, 0.1) is 10.4 Å². The number of alkyl halides is 1. The van der Waals surface area contributed by atoms with E-state index in [1.165, 1.54) is 0 Å². The van der Waals surface area contributed by atoms with E-state index in [0.29, 0.717) is 13.0 Å². The predicted molar refractivity (Wildman–Crippen MR) is 109 cm³/mol. The molecule has 0 amide bonds. The van der Waals surface area contributed by atoms with Crippen molar-refractivity contribution in [3.63, 3.8) is 0 Å². The minimum Gasteiger partial charge on any atom is -0.299 e. The van der Waals surface area contributed by atoms with Crippen molar-refractivity contribution in [1.82, 2.24) is 15.0 Å². The maximum absolute atomic E-state index is 12.6. The van der Waals surface area contributed by atoms with Crippen LogP contribution >= 0.6 is 11.6 Å². The molecule has 142 valence electrons. The monoisotopic (exact) mass is 403 g/mol. The minimum atomic E-state index is -3.61. The molecule has 0 saturated carbocycles. The molecule has 3 rings (SSSR count). The second-order valence-electron chi connectivity index (χ2n) is 6.47. The number of hydrogen-bond acceptors (Lipinski definition) is 4. The van der Waals surface area contributed by atoms with E-state index in [9.17, 15) is 8.42 Å². The van der Waals surface area contributed by atoms with Gasteiger partial charge in [0.15, 0.2) is 0 Å². The summed E-state index contributed by atoms with van der Waals surface area (Å²) in [4.78, 5) is 4.27. The smallest absolute Gasteiger partial charge is 0.240 e. The molecule has 2 N–H and O–H groups in total. The first-order valence-corrected chi connectivity index (χ1v) is 10.6. The Morgan fingerprint density at radius 3 is 2.63 bits per heavy atom. The van der Waals surface area contributed by atoms with Crippen molar-refractivity contribution in [3.8, 4) is 0 Å². The summed E-state index contributed by atoms with van der Waals surface area (Å²) in [6, 6.07) is 16.4. The zero-order chi connectivity index (χ0) is 19.3. The van der Waals surface area contributed by atoms with Crippen LogP contribution in [0.2, 0.25) is 0 Å². The molecule has 2 unspecified atom stereocenters. The Labute approximate surface area is 164 Å². The largest absolute Gasteiger partial charge is 0.299 e.